The number of imidazole rings is 1. The molecule has 0 fully saturated rings. The molecule has 4 aromatic carbocycles. The number of benzene rings is 4. The highest BCUT2D eigenvalue weighted by Crippen LogP contribution is 2.36. The van der Waals surface area contributed by atoms with E-state index in [4.69, 9.17) is 19.9 Å². The highest BCUT2D eigenvalue weighted by molar-refractivity contribution is 6.08. The molecule has 0 unspecified atom stereocenters. The number of aromatic nitrogens is 6. The van der Waals surface area contributed by atoms with Crippen molar-refractivity contribution in [3.63, 3.8) is 0 Å². The average Bonchev–Trinajstić information content (AvgIpc) is 3.55. The van der Waals surface area contributed by atoms with Gasteiger partial charge in [-0.05, 0) is 41.8 Å². The predicted molar refractivity (Wildman–Crippen MR) is 189 cm³/mol. The third kappa shape index (κ3) is 4.87. The molecule has 0 aliphatic carbocycles. The molecule has 6 heteroatoms. The van der Waals surface area contributed by atoms with E-state index in [-0.39, 0.29) is 0 Å². The second-order valence-electron chi connectivity index (χ2n) is 11.7. The number of pyridine rings is 2. The van der Waals surface area contributed by atoms with E-state index in [1.54, 1.807) is 6.20 Å². The van der Waals surface area contributed by atoms with Crippen LogP contribution in [0.3, 0.4) is 0 Å². The van der Waals surface area contributed by atoms with Gasteiger partial charge in [-0.2, -0.15) is 0 Å². The van der Waals surface area contributed by atoms with Crippen LogP contribution in [0.25, 0.3) is 84.6 Å². The summed E-state index contributed by atoms with van der Waals surface area (Å²) < 4.78 is 2.22. The van der Waals surface area contributed by atoms with Gasteiger partial charge in [0.1, 0.15) is 11.3 Å². The molecule has 47 heavy (non-hydrogen) atoms. The number of aryl methyl sites for hydroxylation is 1. The number of fused-ring (bicyclic) bond motifs is 5. The van der Waals surface area contributed by atoms with Gasteiger partial charge in [0.15, 0.2) is 5.82 Å². The van der Waals surface area contributed by atoms with Crippen LogP contribution in [-0.2, 0) is 6.42 Å². The first-order valence-electron chi connectivity index (χ1n) is 15.8. The van der Waals surface area contributed by atoms with Crippen molar-refractivity contribution in [2.24, 2.45) is 0 Å². The van der Waals surface area contributed by atoms with Gasteiger partial charge in [-0.15, -0.1) is 0 Å². The van der Waals surface area contributed by atoms with Crippen molar-refractivity contribution in [2.75, 3.05) is 0 Å². The van der Waals surface area contributed by atoms with Crippen molar-refractivity contribution >= 4 is 28.1 Å². The van der Waals surface area contributed by atoms with E-state index in [0.717, 1.165) is 91.2 Å². The molecule has 0 spiro atoms. The SMILES string of the molecule is C1=Cn2c(nc3c4ccccc4nc(-c4ccc(-c5ccc(-c6cc(-c7ccccn7)nc(-c7ccccc7)n6)cc5)cc4)c32)CC1. The fraction of sp³-hybridized carbons (Fsp3) is 0.0488. The predicted octanol–water partition coefficient (Wildman–Crippen LogP) is 9.52. The monoisotopic (exact) mass is 604 g/mol. The van der Waals surface area contributed by atoms with E-state index in [1.165, 1.54) is 0 Å². The third-order valence-corrected chi connectivity index (χ3v) is 8.75. The summed E-state index contributed by atoms with van der Waals surface area (Å²) in [7, 11) is 0. The second kappa shape index (κ2) is 11.3. The van der Waals surface area contributed by atoms with Gasteiger partial charge in [0, 0.05) is 40.9 Å². The maximum Gasteiger partial charge on any atom is 0.160 e. The lowest BCUT2D eigenvalue weighted by molar-refractivity contribution is 0.848. The Hall–Kier alpha value is -6.27. The van der Waals surface area contributed by atoms with Crippen LogP contribution in [0.15, 0.2) is 140 Å². The Bertz CT molecular complexity index is 2370. The zero-order valence-electron chi connectivity index (χ0n) is 25.5. The molecule has 0 saturated carbocycles. The lowest BCUT2D eigenvalue weighted by Crippen LogP contribution is -2.01. The molecular weight excluding hydrogens is 576 g/mol. The molecule has 4 aromatic heterocycles. The lowest BCUT2D eigenvalue weighted by Gasteiger charge is -2.12. The first kappa shape index (κ1) is 27.1. The van der Waals surface area contributed by atoms with Crippen LogP contribution < -0.4 is 0 Å². The normalized spacial score (nSPS) is 12.4. The summed E-state index contributed by atoms with van der Waals surface area (Å²) in [6.45, 7) is 0. The molecule has 1 aliphatic rings. The smallest absolute Gasteiger partial charge is 0.160 e. The number of hydrogen-bond acceptors (Lipinski definition) is 5. The van der Waals surface area contributed by atoms with Crippen LogP contribution in [-0.4, -0.2) is 29.5 Å². The zero-order valence-corrected chi connectivity index (χ0v) is 25.5. The Labute approximate surface area is 271 Å². The minimum atomic E-state index is 0.676. The Balaban J connectivity index is 1.08. The summed E-state index contributed by atoms with van der Waals surface area (Å²) in [5.41, 5.74) is 11.8. The van der Waals surface area contributed by atoms with Crippen molar-refractivity contribution in [3.05, 3.63) is 145 Å². The summed E-state index contributed by atoms with van der Waals surface area (Å²) >= 11 is 0. The van der Waals surface area contributed by atoms with Crippen molar-refractivity contribution < 1.29 is 0 Å². The number of nitrogens with zero attached hydrogens (tertiary/aromatic N) is 6. The molecule has 0 saturated heterocycles. The van der Waals surface area contributed by atoms with Gasteiger partial charge in [-0.3, -0.25) is 4.98 Å². The number of rotatable bonds is 5. The average molecular weight is 605 g/mol. The molecule has 9 rings (SSSR count). The first-order chi connectivity index (χ1) is 23.3. The molecule has 222 valence electrons. The number of hydrogen-bond donors (Lipinski definition) is 0. The van der Waals surface area contributed by atoms with E-state index < -0.39 is 0 Å². The van der Waals surface area contributed by atoms with E-state index in [2.05, 4.69) is 88.6 Å². The van der Waals surface area contributed by atoms with Gasteiger partial charge >= 0.3 is 0 Å². The van der Waals surface area contributed by atoms with Crippen molar-refractivity contribution in [1.82, 2.24) is 29.5 Å². The molecule has 0 amide bonds. The maximum absolute atomic E-state index is 5.15. The lowest BCUT2D eigenvalue weighted by atomic mass is 9.99. The molecule has 0 atom stereocenters. The molecule has 0 bridgehead atoms. The summed E-state index contributed by atoms with van der Waals surface area (Å²) in [6, 6.07) is 43.5. The molecule has 0 radical (unpaired) electrons. The molecule has 8 aromatic rings. The highest BCUT2D eigenvalue weighted by atomic mass is 15.1. The summed E-state index contributed by atoms with van der Waals surface area (Å²) in [5.74, 6) is 1.76. The van der Waals surface area contributed by atoms with Crippen molar-refractivity contribution in [1.29, 1.82) is 0 Å². The minimum absolute atomic E-state index is 0.676. The molecular formula is C41H28N6. The van der Waals surface area contributed by atoms with Gasteiger partial charge in [-0.25, -0.2) is 19.9 Å². The minimum Gasteiger partial charge on any atom is -0.301 e. The fourth-order valence-electron chi connectivity index (χ4n) is 6.38. The second-order valence-corrected chi connectivity index (χ2v) is 11.7. The molecule has 5 heterocycles. The zero-order chi connectivity index (χ0) is 31.2. The van der Waals surface area contributed by atoms with Gasteiger partial charge in [0.2, 0.25) is 0 Å². The first-order valence-corrected chi connectivity index (χ1v) is 15.8. The molecule has 0 N–H and O–H groups in total. The van der Waals surface area contributed by atoms with Crippen molar-refractivity contribution in [2.45, 2.75) is 12.8 Å². The Kier molecular flexibility index (Phi) is 6.49. The molecule has 1 aliphatic heterocycles. The maximum atomic E-state index is 5.15. The van der Waals surface area contributed by atoms with E-state index >= 15 is 0 Å². The largest absolute Gasteiger partial charge is 0.301 e. The topological polar surface area (TPSA) is 69.4 Å². The Morgan fingerprint density at radius 2 is 1.23 bits per heavy atom. The quantitative estimate of drug-likeness (QED) is 0.196. The van der Waals surface area contributed by atoms with Crippen LogP contribution in [0.1, 0.15) is 12.2 Å². The van der Waals surface area contributed by atoms with Crippen LogP contribution in [0.4, 0.5) is 0 Å². The van der Waals surface area contributed by atoms with E-state index in [0.29, 0.717) is 5.82 Å². The highest BCUT2D eigenvalue weighted by Gasteiger charge is 2.20. The summed E-state index contributed by atoms with van der Waals surface area (Å²) in [4.78, 5) is 24.6. The van der Waals surface area contributed by atoms with Crippen LogP contribution >= 0.6 is 0 Å². The van der Waals surface area contributed by atoms with Crippen molar-refractivity contribution in [3.8, 4) is 56.4 Å². The standard InChI is InChI=1S/C41H28N6/c1-2-10-31(11-3-1)41-44-35(26-36(45-41)34-14-6-8-24-42-34)29-20-16-27(17-21-29)28-18-22-30(23-19-28)38-40-39(32-12-4-5-13-33(32)43-38)46-37-15-7-9-25-47(37)40/h1-6,8-14,16-26H,7,15H2. The van der Waals surface area contributed by atoms with Crippen LogP contribution in [0.5, 0.6) is 0 Å². The van der Waals surface area contributed by atoms with Gasteiger partial charge in [0.05, 0.1) is 33.8 Å². The Morgan fingerprint density at radius 3 is 2.02 bits per heavy atom. The van der Waals surface area contributed by atoms with E-state index in [1.807, 2.05) is 60.7 Å². The van der Waals surface area contributed by atoms with Gasteiger partial charge in [0.25, 0.3) is 0 Å². The number of para-hydroxylation sites is 1. The van der Waals surface area contributed by atoms with Crippen LogP contribution in [0.2, 0.25) is 0 Å². The Morgan fingerprint density at radius 1 is 0.532 bits per heavy atom. The third-order valence-electron chi connectivity index (χ3n) is 8.75. The van der Waals surface area contributed by atoms with Gasteiger partial charge in [-0.1, -0.05) is 109 Å². The van der Waals surface area contributed by atoms with Gasteiger partial charge < -0.3 is 4.57 Å². The fourth-order valence-corrected chi connectivity index (χ4v) is 6.38. The van der Waals surface area contributed by atoms with Crippen LogP contribution in [0, 0.1) is 0 Å². The van der Waals surface area contributed by atoms with E-state index in [9.17, 15) is 0 Å². The molecule has 6 nitrogen and oxygen atoms in total. The number of allylic oxidation sites excluding steroid dienone is 1. The summed E-state index contributed by atoms with van der Waals surface area (Å²) in [5, 5.41) is 1.09. The summed E-state index contributed by atoms with van der Waals surface area (Å²) in [6.07, 6.45) is 8.08.